The highest BCUT2D eigenvalue weighted by atomic mass is 127. The molecule has 2 heterocycles. The summed E-state index contributed by atoms with van der Waals surface area (Å²) in [5.74, 6) is 1.43. The molecule has 0 radical (unpaired) electrons. The van der Waals surface area contributed by atoms with Crippen LogP contribution in [0.2, 0.25) is 0 Å². The predicted molar refractivity (Wildman–Crippen MR) is 142 cm³/mol. The van der Waals surface area contributed by atoms with Crippen LogP contribution in [-0.4, -0.2) is 74.1 Å². The number of hydrogen-bond acceptors (Lipinski definition) is 3. The fraction of sp³-hybridized carbons (Fsp3) is 0.680. The van der Waals surface area contributed by atoms with Gasteiger partial charge in [-0.3, -0.25) is 9.79 Å². The van der Waals surface area contributed by atoms with Crippen molar-refractivity contribution in [3.8, 4) is 0 Å². The molecule has 32 heavy (non-hydrogen) atoms. The number of guanidine groups is 1. The van der Waals surface area contributed by atoms with Crippen molar-refractivity contribution >= 4 is 35.8 Å². The molecule has 0 aliphatic carbocycles. The van der Waals surface area contributed by atoms with E-state index in [1.165, 1.54) is 5.56 Å². The minimum absolute atomic E-state index is 0. The number of benzene rings is 1. The molecule has 0 bridgehead atoms. The van der Waals surface area contributed by atoms with Gasteiger partial charge < -0.3 is 19.9 Å². The Kier molecular flexibility index (Phi) is 11.2. The van der Waals surface area contributed by atoms with E-state index in [-0.39, 0.29) is 35.3 Å². The summed E-state index contributed by atoms with van der Waals surface area (Å²) < 4.78 is 5.39. The van der Waals surface area contributed by atoms with E-state index in [2.05, 4.69) is 61.3 Å². The third-order valence-corrected chi connectivity index (χ3v) is 7.07. The van der Waals surface area contributed by atoms with Crippen LogP contribution in [0.1, 0.15) is 52.0 Å². The number of piperidine rings is 1. The molecule has 2 aliphatic heterocycles. The van der Waals surface area contributed by atoms with E-state index in [4.69, 9.17) is 9.73 Å². The molecule has 0 spiro atoms. The van der Waals surface area contributed by atoms with Gasteiger partial charge in [0.1, 0.15) is 0 Å². The summed E-state index contributed by atoms with van der Waals surface area (Å²) in [5.41, 5.74) is 1.43. The van der Waals surface area contributed by atoms with Crippen LogP contribution in [0.3, 0.4) is 0 Å². The molecule has 2 saturated heterocycles. The SMILES string of the molecule is CCNC(=NCC(CC)(CC)c1ccccc1)N1CCC(C(=O)N2CCOCC2)CC1.I. The first kappa shape index (κ1) is 26.9. The number of carbonyl (C=O) groups is 1. The molecule has 180 valence electrons. The number of nitrogens with zero attached hydrogens (tertiary/aromatic N) is 3. The standard InChI is InChI=1S/C25H40N4O2.HI/c1-4-25(5-2,22-10-8-7-9-11-22)20-27-24(26-6-3)29-14-12-21(13-15-29)23(30)28-16-18-31-19-17-28;/h7-11,21H,4-6,12-20H2,1-3H3,(H,26,27);1H. The fourth-order valence-corrected chi connectivity index (χ4v) is 4.80. The lowest BCUT2D eigenvalue weighted by molar-refractivity contribution is -0.140. The van der Waals surface area contributed by atoms with E-state index in [1.807, 2.05) is 4.90 Å². The number of aliphatic imine (C=N–C) groups is 1. The first-order valence-corrected chi connectivity index (χ1v) is 12.1. The lowest BCUT2D eigenvalue weighted by Crippen LogP contribution is -2.50. The Labute approximate surface area is 211 Å². The van der Waals surface area contributed by atoms with E-state index in [1.54, 1.807) is 0 Å². The quantitative estimate of drug-likeness (QED) is 0.315. The van der Waals surface area contributed by atoms with Crippen LogP contribution in [0.25, 0.3) is 0 Å². The van der Waals surface area contributed by atoms with Gasteiger partial charge in [0.15, 0.2) is 5.96 Å². The first-order chi connectivity index (χ1) is 15.1. The Morgan fingerprint density at radius 1 is 1.03 bits per heavy atom. The maximum Gasteiger partial charge on any atom is 0.225 e. The van der Waals surface area contributed by atoms with Crippen LogP contribution in [0.5, 0.6) is 0 Å². The van der Waals surface area contributed by atoms with E-state index in [0.717, 1.165) is 70.9 Å². The smallest absolute Gasteiger partial charge is 0.225 e. The molecule has 1 aromatic carbocycles. The summed E-state index contributed by atoms with van der Waals surface area (Å²) in [6.07, 6.45) is 3.91. The highest BCUT2D eigenvalue weighted by Crippen LogP contribution is 2.32. The predicted octanol–water partition coefficient (Wildman–Crippen LogP) is 3.90. The van der Waals surface area contributed by atoms with Gasteiger partial charge in [0, 0.05) is 44.1 Å². The van der Waals surface area contributed by atoms with Crippen LogP contribution >= 0.6 is 24.0 Å². The summed E-state index contributed by atoms with van der Waals surface area (Å²) in [5, 5.41) is 3.50. The van der Waals surface area contributed by atoms with Gasteiger partial charge >= 0.3 is 0 Å². The van der Waals surface area contributed by atoms with Crippen molar-refractivity contribution in [1.29, 1.82) is 0 Å². The number of halogens is 1. The van der Waals surface area contributed by atoms with E-state index in [9.17, 15) is 4.79 Å². The Morgan fingerprint density at radius 3 is 2.22 bits per heavy atom. The maximum absolute atomic E-state index is 12.9. The van der Waals surface area contributed by atoms with Crippen molar-refractivity contribution in [2.24, 2.45) is 10.9 Å². The zero-order valence-corrected chi connectivity index (χ0v) is 22.3. The number of amides is 1. The van der Waals surface area contributed by atoms with Gasteiger partial charge in [0.05, 0.1) is 19.8 Å². The van der Waals surface area contributed by atoms with Crippen molar-refractivity contribution in [2.45, 2.75) is 51.9 Å². The van der Waals surface area contributed by atoms with Gasteiger partial charge in [-0.25, -0.2) is 0 Å². The summed E-state index contributed by atoms with van der Waals surface area (Å²) >= 11 is 0. The van der Waals surface area contributed by atoms with Crippen molar-refractivity contribution in [3.63, 3.8) is 0 Å². The average molecular weight is 557 g/mol. The molecule has 3 rings (SSSR count). The number of morpholine rings is 1. The second-order valence-corrected chi connectivity index (χ2v) is 8.72. The molecule has 2 fully saturated rings. The van der Waals surface area contributed by atoms with Crippen LogP contribution < -0.4 is 5.32 Å². The Balaban J connectivity index is 0.00000363. The van der Waals surface area contributed by atoms with Crippen molar-refractivity contribution in [3.05, 3.63) is 35.9 Å². The largest absolute Gasteiger partial charge is 0.378 e. The van der Waals surface area contributed by atoms with E-state index < -0.39 is 0 Å². The van der Waals surface area contributed by atoms with Gasteiger partial charge in [-0.2, -0.15) is 0 Å². The van der Waals surface area contributed by atoms with Crippen LogP contribution in [0, 0.1) is 5.92 Å². The zero-order chi connectivity index (χ0) is 22.1. The van der Waals surface area contributed by atoms with Gasteiger partial charge in [-0.15, -0.1) is 24.0 Å². The van der Waals surface area contributed by atoms with E-state index >= 15 is 0 Å². The minimum atomic E-state index is 0. The van der Waals surface area contributed by atoms with Gasteiger partial charge in [0.25, 0.3) is 0 Å². The number of nitrogens with one attached hydrogen (secondary N) is 1. The molecule has 1 N–H and O–H groups in total. The summed E-state index contributed by atoms with van der Waals surface area (Å²) in [6, 6.07) is 10.8. The number of hydrogen-bond donors (Lipinski definition) is 1. The van der Waals surface area contributed by atoms with Crippen LogP contribution in [0.4, 0.5) is 0 Å². The second kappa shape index (κ2) is 13.4. The third kappa shape index (κ3) is 6.59. The number of rotatable bonds is 7. The summed E-state index contributed by atoms with van der Waals surface area (Å²) in [4.78, 5) is 22.3. The number of ether oxygens (including phenoxy) is 1. The van der Waals surface area contributed by atoms with Gasteiger partial charge in [0.2, 0.25) is 5.91 Å². The molecular formula is C25H41IN4O2. The average Bonchev–Trinajstić information content (AvgIpc) is 2.85. The Hall–Kier alpha value is -1.35. The van der Waals surface area contributed by atoms with E-state index in [0.29, 0.717) is 19.1 Å². The molecular weight excluding hydrogens is 515 g/mol. The summed E-state index contributed by atoms with van der Waals surface area (Å²) in [7, 11) is 0. The van der Waals surface area contributed by atoms with Crippen molar-refractivity contribution < 1.29 is 9.53 Å². The molecule has 0 aromatic heterocycles. The van der Waals surface area contributed by atoms with Crippen molar-refractivity contribution in [2.75, 3.05) is 52.5 Å². The number of carbonyl (C=O) groups excluding carboxylic acids is 1. The highest BCUT2D eigenvalue weighted by molar-refractivity contribution is 14.0. The maximum atomic E-state index is 12.9. The highest BCUT2D eigenvalue weighted by Gasteiger charge is 2.32. The second-order valence-electron chi connectivity index (χ2n) is 8.72. The molecule has 1 aromatic rings. The van der Waals surface area contributed by atoms with Gasteiger partial charge in [-0.05, 0) is 38.2 Å². The molecule has 0 unspecified atom stereocenters. The van der Waals surface area contributed by atoms with Crippen molar-refractivity contribution in [1.82, 2.24) is 15.1 Å². The van der Waals surface area contributed by atoms with Crippen LogP contribution in [-0.2, 0) is 14.9 Å². The Morgan fingerprint density at radius 2 is 1.66 bits per heavy atom. The molecule has 6 nitrogen and oxygen atoms in total. The Bertz CT molecular complexity index is 710. The fourth-order valence-electron chi connectivity index (χ4n) is 4.80. The lowest BCUT2D eigenvalue weighted by atomic mass is 9.76. The summed E-state index contributed by atoms with van der Waals surface area (Å²) in [6.45, 7) is 12.8. The zero-order valence-electron chi connectivity index (χ0n) is 20.0. The molecule has 7 heteroatoms. The topological polar surface area (TPSA) is 57.2 Å². The molecule has 1 amide bonds. The number of likely N-dealkylation sites (tertiary alicyclic amines) is 1. The first-order valence-electron chi connectivity index (χ1n) is 12.1. The molecule has 0 saturated carbocycles. The minimum Gasteiger partial charge on any atom is -0.378 e. The lowest BCUT2D eigenvalue weighted by Gasteiger charge is -2.37. The normalized spacial score (nSPS) is 18.3. The monoisotopic (exact) mass is 556 g/mol. The van der Waals surface area contributed by atoms with Crippen LogP contribution in [0.15, 0.2) is 35.3 Å². The molecule has 0 atom stereocenters. The molecule has 2 aliphatic rings. The van der Waals surface area contributed by atoms with Gasteiger partial charge in [-0.1, -0.05) is 44.2 Å². The third-order valence-electron chi connectivity index (χ3n) is 7.07.